The number of rotatable bonds is 1. The average Bonchev–Trinajstić information content (AvgIpc) is 1.63. The lowest BCUT2D eigenvalue weighted by atomic mass is 9.79. The lowest BCUT2D eigenvalue weighted by Crippen LogP contribution is -2.45. The van der Waals surface area contributed by atoms with Gasteiger partial charge in [0.2, 0.25) is 0 Å². The summed E-state index contributed by atoms with van der Waals surface area (Å²) in [5.41, 5.74) is -0.0145. The molecule has 1 saturated carbocycles. The molecule has 0 aromatic carbocycles. The van der Waals surface area contributed by atoms with E-state index in [1.807, 2.05) is 6.92 Å². The molecule has 0 heterocycles. The van der Waals surface area contributed by atoms with Gasteiger partial charge in [-0.1, -0.05) is 0 Å². The summed E-state index contributed by atoms with van der Waals surface area (Å²) in [7, 11) is 1.69. The van der Waals surface area contributed by atoms with Crippen molar-refractivity contribution in [2.24, 2.45) is 0 Å². The maximum absolute atomic E-state index is 8.83. The van der Waals surface area contributed by atoms with Gasteiger partial charge in [0.15, 0.2) is 0 Å². The minimum absolute atomic E-state index is 0.0145. The van der Waals surface area contributed by atoms with Crippen molar-refractivity contribution in [3.05, 3.63) is 0 Å². The molecule has 0 bridgehead atoms. The Morgan fingerprint density at radius 1 is 1.62 bits per heavy atom. The highest BCUT2D eigenvalue weighted by Crippen LogP contribution is 2.34. The molecular weight excluding hydrogens is 104 g/mol. The summed E-state index contributed by atoms with van der Waals surface area (Å²) >= 11 is 0. The highest BCUT2D eigenvalue weighted by Gasteiger charge is 2.39. The lowest BCUT2D eigenvalue weighted by Gasteiger charge is -2.40. The molecule has 1 aliphatic carbocycles. The largest absolute Gasteiger partial charge is 0.393 e. The Hall–Kier alpha value is -0.0800. The van der Waals surface area contributed by atoms with Crippen LogP contribution in [-0.4, -0.2) is 23.9 Å². The molecule has 0 aromatic heterocycles. The fraction of sp³-hybridized carbons (Fsp3) is 1.00. The van der Waals surface area contributed by atoms with E-state index in [1.165, 1.54) is 0 Å². The first-order chi connectivity index (χ1) is 3.66. The van der Waals surface area contributed by atoms with Gasteiger partial charge >= 0.3 is 0 Å². The molecule has 0 spiro atoms. The summed E-state index contributed by atoms with van der Waals surface area (Å²) in [6, 6.07) is 0. The highest BCUT2D eigenvalue weighted by molar-refractivity contribution is 4.91. The Kier molecular flexibility index (Phi) is 1.29. The van der Waals surface area contributed by atoms with Crippen LogP contribution in [0.3, 0.4) is 0 Å². The van der Waals surface area contributed by atoms with Crippen LogP contribution in [0.4, 0.5) is 0 Å². The maximum atomic E-state index is 8.83. The second kappa shape index (κ2) is 1.71. The monoisotopic (exact) mass is 116 g/mol. The highest BCUT2D eigenvalue weighted by atomic mass is 16.5. The molecule has 1 aliphatic rings. The van der Waals surface area contributed by atoms with E-state index in [0.717, 1.165) is 12.8 Å². The molecule has 0 unspecified atom stereocenters. The molecule has 1 N–H and O–H groups in total. The van der Waals surface area contributed by atoms with E-state index in [4.69, 9.17) is 9.84 Å². The fourth-order valence-corrected chi connectivity index (χ4v) is 1.10. The van der Waals surface area contributed by atoms with Gasteiger partial charge in [-0.3, -0.25) is 0 Å². The van der Waals surface area contributed by atoms with Crippen LogP contribution in [0.1, 0.15) is 19.8 Å². The molecule has 0 amide bonds. The summed E-state index contributed by atoms with van der Waals surface area (Å²) in [6.45, 7) is 2.01. The van der Waals surface area contributed by atoms with E-state index in [2.05, 4.69) is 0 Å². The predicted octanol–water partition coefficient (Wildman–Crippen LogP) is 0.546. The third-order valence-corrected chi connectivity index (χ3v) is 1.83. The van der Waals surface area contributed by atoms with E-state index >= 15 is 0 Å². The normalized spacial score (nSPS) is 46.1. The van der Waals surface area contributed by atoms with Crippen molar-refractivity contribution >= 4 is 0 Å². The molecule has 0 saturated heterocycles. The Labute approximate surface area is 49.5 Å². The van der Waals surface area contributed by atoms with Crippen molar-refractivity contribution in [1.29, 1.82) is 0 Å². The van der Waals surface area contributed by atoms with Crippen LogP contribution in [0.25, 0.3) is 0 Å². The Morgan fingerprint density at radius 3 is 2.25 bits per heavy atom. The van der Waals surface area contributed by atoms with Crippen molar-refractivity contribution in [1.82, 2.24) is 0 Å². The van der Waals surface area contributed by atoms with Crippen LogP contribution in [0, 0.1) is 0 Å². The van der Waals surface area contributed by atoms with E-state index < -0.39 is 0 Å². The topological polar surface area (TPSA) is 29.5 Å². The molecule has 2 heteroatoms. The van der Waals surface area contributed by atoms with E-state index in [0.29, 0.717) is 0 Å². The van der Waals surface area contributed by atoms with Crippen LogP contribution in [-0.2, 0) is 4.74 Å². The molecule has 48 valence electrons. The van der Waals surface area contributed by atoms with Gasteiger partial charge in [0.25, 0.3) is 0 Å². The van der Waals surface area contributed by atoms with Gasteiger partial charge in [-0.25, -0.2) is 0 Å². The first kappa shape index (κ1) is 6.05. The Morgan fingerprint density at radius 2 is 2.12 bits per heavy atom. The van der Waals surface area contributed by atoms with Gasteiger partial charge in [0.1, 0.15) is 0 Å². The number of aliphatic hydroxyl groups excluding tert-OH is 1. The molecular formula is C6H12O2. The van der Waals surface area contributed by atoms with E-state index in [9.17, 15) is 0 Å². The fourth-order valence-electron chi connectivity index (χ4n) is 1.10. The lowest BCUT2D eigenvalue weighted by molar-refractivity contribution is -0.124. The number of aliphatic hydroxyl groups is 1. The zero-order valence-electron chi connectivity index (χ0n) is 5.35. The Bertz CT molecular complexity index is 84.5. The minimum Gasteiger partial charge on any atom is -0.393 e. The zero-order chi connectivity index (χ0) is 6.20. The zero-order valence-corrected chi connectivity index (χ0v) is 5.35. The van der Waals surface area contributed by atoms with Crippen LogP contribution < -0.4 is 0 Å². The van der Waals surface area contributed by atoms with Gasteiger partial charge < -0.3 is 9.84 Å². The number of hydrogen-bond donors (Lipinski definition) is 1. The molecule has 0 atom stereocenters. The standard InChI is InChI=1S/C6H12O2/c1-6(8-2)3-5(7)4-6/h5,7H,3-4H2,1-2H3/t5-,6+. The van der Waals surface area contributed by atoms with Crippen LogP contribution in [0.5, 0.6) is 0 Å². The van der Waals surface area contributed by atoms with Crippen molar-refractivity contribution in [2.45, 2.75) is 31.5 Å². The van der Waals surface area contributed by atoms with Crippen molar-refractivity contribution in [3.63, 3.8) is 0 Å². The molecule has 2 nitrogen and oxygen atoms in total. The quantitative estimate of drug-likeness (QED) is 0.542. The number of methoxy groups -OCH3 is 1. The summed E-state index contributed by atoms with van der Waals surface area (Å²) < 4.78 is 5.08. The summed E-state index contributed by atoms with van der Waals surface area (Å²) in [6.07, 6.45) is 1.48. The average molecular weight is 116 g/mol. The van der Waals surface area contributed by atoms with Gasteiger partial charge in [-0.2, -0.15) is 0 Å². The molecule has 0 radical (unpaired) electrons. The molecule has 1 fully saturated rings. The summed E-state index contributed by atoms with van der Waals surface area (Å²) in [5, 5.41) is 8.83. The van der Waals surface area contributed by atoms with Crippen LogP contribution >= 0.6 is 0 Å². The molecule has 0 aliphatic heterocycles. The minimum atomic E-state index is -0.111. The smallest absolute Gasteiger partial charge is 0.0699 e. The first-order valence-corrected chi connectivity index (χ1v) is 2.89. The maximum Gasteiger partial charge on any atom is 0.0699 e. The van der Waals surface area contributed by atoms with Gasteiger partial charge in [0.05, 0.1) is 11.7 Å². The van der Waals surface area contributed by atoms with Crippen LogP contribution in [0.2, 0.25) is 0 Å². The molecule has 1 rings (SSSR count). The second-order valence-corrected chi connectivity index (χ2v) is 2.72. The van der Waals surface area contributed by atoms with E-state index in [1.54, 1.807) is 7.11 Å². The van der Waals surface area contributed by atoms with Gasteiger partial charge in [0, 0.05) is 20.0 Å². The first-order valence-electron chi connectivity index (χ1n) is 2.89. The van der Waals surface area contributed by atoms with Gasteiger partial charge in [-0.05, 0) is 6.92 Å². The summed E-state index contributed by atoms with van der Waals surface area (Å²) in [5.74, 6) is 0. The second-order valence-electron chi connectivity index (χ2n) is 2.72. The van der Waals surface area contributed by atoms with Crippen molar-refractivity contribution in [2.75, 3.05) is 7.11 Å². The number of hydrogen-bond acceptors (Lipinski definition) is 2. The third kappa shape index (κ3) is 0.858. The number of ether oxygens (including phenoxy) is 1. The molecule has 8 heavy (non-hydrogen) atoms. The molecule has 0 aromatic rings. The summed E-state index contributed by atoms with van der Waals surface area (Å²) in [4.78, 5) is 0. The van der Waals surface area contributed by atoms with Gasteiger partial charge in [-0.15, -0.1) is 0 Å². The SMILES string of the molecule is CO[C@]1(C)C[C@H](O)C1. The Balaban J connectivity index is 2.30. The van der Waals surface area contributed by atoms with Crippen LogP contribution in [0.15, 0.2) is 0 Å². The van der Waals surface area contributed by atoms with Crippen molar-refractivity contribution < 1.29 is 9.84 Å². The predicted molar refractivity (Wildman–Crippen MR) is 30.7 cm³/mol. The van der Waals surface area contributed by atoms with E-state index in [-0.39, 0.29) is 11.7 Å². The third-order valence-electron chi connectivity index (χ3n) is 1.83. The van der Waals surface area contributed by atoms with Crippen molar-refractivity contribution in [3.8, 4) is 0 Å².